The minimum Gasteiger partial charge on any atom is -0.496 e. The Morgan fingerprint density at radius 3 is 2.41 bits per heavy atom. The van der Waals surface area contributed by atoms with Gasteiger partial charge in [-0.1, -0.05) is 5.16 Å². The van der Waals surface area contributed by atoms with Crippen LogP contribution in [0.15, 0.2) is 21.2 Å². The fourth-order valence-corrected chi connectivity index (χ4v) is 3.77. The molecule has 29 heavy (non-hydrogen) atoms. The first kappa shape index (κ1) is 19.4. The molecule has 3 aromatic rings. The smallest absolute Gasteiger partial charge is 0.226 e. The maximum Gasteiger partial charge on any atom is 0.226 e. The summed E-state index contributed by atoms with van der Waals surface area (Å²) in [6, 6.07) is 4.11. The number of hydrogen-bond donors (Lipinski definition) is 0. The second kappa shape index (κ2) is 7.87. The lowest BCUT2D eigenvalue weighted by atomic mass is 10.0. The molecule has 0 radical (unpaired) electrons. The van der Waals surface area contributed by atoms with Gasteiger partial charge in [0.1, 0.15) is 17.2 Å². The Hall–Kier alpha value is -2.87. The van der Waals surface area contributed by atoms with E-state index in [9.17, 15) is 0 Å². The molecule has 1 aliphatic rings. The van der Waals surface area contributed by atoms with E-state index in [1.165, 1.54) is 0 Å². The molecule has 0 N–H and O–H groups in total. The first-order valence-electron chi connectivity index (χ1n) is 9.84. The number of ether oxygens (including phenoxy) is 1. The van der Waals surface area contributed by atoms with E-state index in [1.54, 1.807) is 7.11 Å². The van der Waals surface area contributed by atoms with Crippen molar-refractivity contribution in [1.82, 2.24) is 20.2 Å². The van der Waals surface area contributed by atoms with Crippen molar-refractivity contribution in [2.75, 3.05) is 38.2 Å². The average Bonchev–Trinajstić information content (AvgIpc) is 3.29. The lowest BCUT2D eigenvalue weighted by Crippen LogP contribution is -2.46. The molecule has 0 amide bonds. The van der Waals surface area contributed by atoms with Gasteiger partial charge in [-0.2, -0.15) is 0 Å². The molecule has 0 unspecified atom stereocenters. The minimum atomic E-state index is 0.670. The molecule has 0 spiro atoms. The summed E-state index contributed by atoms with van der Waals surface area (Å²) in [5.74, 6) is 3.26. The first-order chi connectivity index (χ1) is 14.0. The number of rotatable bonds is 5. The summed E-state index contributed by atoms with van der Waals surface area (Å²) < 4.78 is 16.3. The van der Waals surface area contributed by atoms with Gasteiger partial charge in [0.25, 0.3) is 0 Å². The minimum absolute atomic E-state index is 0.670. The molecule has 8 nitrogen and oxygen atoms in total. The van der Waals surface area contributed by atoms with Crippen LogP contribution in [-0.2, 0) is 6.54 Å². The van der Waals surface area contributed by atoms with Crippen LogP contribution < -0.4 is 9.64 Å². The number of oxazole rings is 1. The Labute approximate surface area is 170 Å². The molecule has 0 atom stereocenters. The molecule has 0 aliphatic carbocycles. The second-order valence-electron chi connectivity index (χ2n) is 7.60. The van der Waals surface area contributed by atoms with Gasteiger partial charge in [0.15, 0.2) is 5.82 Å². The van der Waals surface area contributed by atoms with Gasteiger partial charge in [-0.05, 0) is 56.1 Å². The Morgan fingerprint density at radius 1 is 1.00 bits per heavy atom. The van der Waals surface area contributed by atoms with Crippen molar-refractivity contribution < 1.29 is 13.8 Å². The van der Waals surface area contributed by atoms with Gasteiger partial charge in [0.05, 0.1) is 12.8 Å². The lowest BCUT2D eigenvalue weighted by molar-refractivity contribution is 0.243. The number of aryl methyl sites for hydroxylation is 4. The predicted octanol–water partition coefficient (Wildman–Crippen LogP) is 3.29. The van der Waals surface area contributed by atoms with E-state index in [4.69, 9.17) is 18.8 Å². The molecule has 2 aromatic heterocycles. The maximum absolute atomic E-state index is 6.03. The SMILES string of the molecule is COc1cc(C)c(-c2nc(CN3CCN(c4nonc4C)CC3)c(C)o2)cc1C. The zero-order valence-electron chi connectivity index (χ0n) is 17.7. The fraction of sp³-hybridized carbons (Fsp3) is 0.476. The summed E-state index contributed by atoms with van der Waals surface area (Å²) in [7, 11) is 1.69. The topological polar surface area (TPSA) is 80.7 Å². The molecule has 1 aromatic carbocycles. The monoisotopic (exact) mass is 397 g/mol. The largest absolute Gasteiger partial charge is 0.496 e. The second-order valence-corrected chi connectivity index (χ2v) is 7.60. The summed E-state index contributed by atoms with van der Waals surface area (Å²) in [6.45, 7) is 12.4. The van der Waals surface area contributed by atoms with E-state index in [-0.39, 0.29) is 0 Å². The predicted molar refractivity (Wildman–Crippen MR) is 109 cm³/mol. The number of benzene rings is 1. The number of anilines is 1. The third-order valence-corrected chi connectivity index (χ3v) is 5.54. The van der Waals surface area contributed by atoms with Gasteiger partial charge in [0.2, 0.25) is 5.89 Å². The highest BCUT2D eigenvalue weighted by Crippen LogP contribution is 2.31. The van der Waals surface area contributed by atoms with Crippen LogP contribution in [0.1, 0.15) is 28.3 Å². The average molecular weight is 397 g/mol. The molecule has 154 valence electrons. The summed E-state index contributed by atoms with van der Waals surface area (Å²) in [4.78, 5) is 9.42. The number of piperazine rings is 1. The maximum atomic E-state index is 6.03. The summed E-state index contributed by atoms with van der Waals surface area (Å²) in [5.41, 5.74) is 4.99. The molecule has 8 heteroatoms. The van der Waals surface area contributed by atoms with E-state index < -0.39 is 0 Å². The lowest BCUT2D eigenvalue weighted by Gasteiger charge is -2.34. The Kier molecular flexibility index (Phi) is 5.27. The fourth-order valence-electron chi connectivity index (χ4n) is 3.77. The van der Waals surface area contributed by atoms with Gasteiger partial charge < -0.3 is 14.1 Å². The van der Waals surface area contributed by atoms with Crippen LogP contribution in [0, 0.1) is 27.7 Å². The third-order valence-electron chi connectivity index (χ3n) is 5.54. The van der Waals surface area contributed by atoms with Crippen LogP contribution in [0.3, 0.4) is 0 Å². The molecule has 0 saturated carbocycles. The van der Waals surface area contributed by atoms with Gasteiger partial charge >= 0.3 is 0 Å². The van der Waals surface area contributed by atoms with Gasteiger partial charge in [0, 0.05) is 38.3 Å². The summed E-state index contributed by atoms with van der Waals surface area (Å²) in [5, 5.41) is 7.89. The van der Waals surface area contributed by atoms with Crippen LogP contribution >= 0.6 is 0 Å². The number of nitrogens with zero attached hydrogens (tertiary/aromatic N) is 5. The van der Waals surface area contributed by atoms with Gasteiger partial charge in [-0.3, -0.25) is 4.90 Å². The van der Waals surface area contributed by atoms with Crippen molar-refractivity contribution in [3.05, 3.63) is 40.4 Å². The molecular weight excluding hydrogens is 370 g/mol. The quantitative estimate of drug-likeness (QED) is 0.649. The summed E-state index contributed by atoms with van der Waals surface area (Å²) in [6.07, 6.45) is 0. The highest BCUT2D eigenvalue weighted by atomic mass is 16.6. The Morgan fingerprint density at radius 2 is 1.76 bits per heavy atom. The number of hydrogen-bond acceptors (Lipinski definition) is 8. The van der Waals surface area contributed by atoms with E-state index in [1.807, 2.05) is 26.8 Å². The van der Waals surface area contributed by atoms with E-state index in [0.717, 1.165) is 78.1 Å². The standard InChI is InChI=1S/C21H27N5O3/c1-13-11-19(27-5)14(2)10-17(13)21-22-18(16(4)28-21)12-25-6-8-26(9-7-25)20-15(3)23-29-24-20/h10-11H,6-9,12H2,1-5H3. The van der Waals surface area contributed by atoms with Crippen molar-refractivity contribution in [2.24, 2.45) is 0 Å². The molecule has 1 saturated heterocycles. The zero-order valence-corrected chi connectivity index (χ0v) is 17.7. The van der Waals surface area contributed by atoms with Crippen LogP contribution in [0.2, 0.25) is 0 Å². The van der Waals surface area contributed by atoms with E-state index in [2.05, 4.69) is 33.1 Å². The normalized spacial score (nSPS) is 15.1. The Balaban J connectivity index is 1.46. The molecule has 1 fully saturated rings. The Bertz CT molecular complexity index is 1000. The van der Waals surface area contributed by atoms with Crippen molar-refractivity contribution in [3.8, 4) is 17.2 Å². The van der Waals surface area contributed by atoms with Gasteiger partial charge in [-0.25, -0.2) is 9.61 Å². The van der Waals surface area contributed by atoms with Crippen LogP contribution in [-0.4, -0.2) is 53.5 Å². The molecule has 0 bridgehead atoms. The summed E-state index contributed by atoms with van der Waals surface area (Å²) >= 11 is 0. The van der Waals surface area contributed by atoms with Crippen LogP contribution in [0.25, 0.3) is 11.5 Å². The molecule has 1 aliphatic heterocycles. The van der Waals surface area contributed by atoms with Crippen molar-refractivity contribution in [2.45, 2.75) is 34.2 Å². The highest BCUT2D eigenvalue weighted by molar-refractivity contribution is 5.62. The number of methoxy groups -OCH3 is 1. The third kappa shape index (κ3) is 3.85. The molecule has 4 rings (SSSR count). The van der Waals surface area contributed by atoms with Crippen molar-refractivity contribution in [1.29, 1.82) is 0 Å². The van der Waals surface area contributed by atoms with E-state index in [0.29, 0.717) is 5.89 Å². The van der Waals surface area contributed by atoms with Crippen LogP contribution in [0.4, 0.5) is 5.82 Å². The molecule has 3 heterocycles. The first-order valence-corrected chi connectivity index (χ1v) is 9.84. The van der Waals surface area contributed by atoms with Crippen molar-refractivity contribution >= 4 is 5.82 Å². The van der Waals surface area contributed by atoms with E-state index >= 15 is 0 Å². The van der Waals surface area contributed by atoms with Crippen LogP contribution in [0.5, 0.6) is 5.75 Å². The molecular formula is C21H27N5O3. The highest BCUT2D eigenvalue weighted by Gasteiger charge is 2.23. The number of aromatic nitrogens is 3. The van der Waals surface area contributed by atoms with Gasteiger partial charge in [-0.15, -0.1) is 0 Å². The van der Waals surface area contributed by atoms with Crippen molar-refractivity contribution in [3.63, 3.8) is 0 Å². The zero-order chi connectivity index (χ0) is 20.5.